The molecule has 1 N–H and O–H groups in total. The van der Waals surface area contributed by atoms with E-state index in [-0.39, 0.29) is 11.6 Å². The van der Waals surface area contributed by atoms with Crippen LogP contribution in [0.3, 0.4) is 0 Å². The number of amides is 1. The average molecular weight is 288 g/mol. The number of anilines is 1. The maximum absolute atomic E-state index is 13.6. The summed E-state index contributed by atoms with van der Waals surface area (Å²) in [4.78, 5) is 11.7. The summed E-state index contributed by atoms with van der Waals surface area (Å²) >= 11 is 3.24. The lowest BCUT2D eigenvalue weighted by Crippen LogP contribution is -2.28. The Morgan fingerprint density at radius 2 is 1.94 bits per heavy atom. The van der Waals surface area contributed by atoms with Gasteiger partial charge in [0.2, 0.25) is 5.91 Å². The lowest BCUT2D eigenvalue weighted by atomic mass is 9.95. The van der Waals surface area contributed by atoms with Crippen molar-refractivity contribution >= 4 is 27.5 Å². The van der Waals surface area contributed by atoms with Crippen molar-refractivity contribution in [3.05, 3.63) is 28.0 Å². The Labute approximate surface area is 103 Å². The van der Waals surface area contributed by atoms with E-state index in [1.807, 2.05) is 0 Å². The van der Waals surface area contributed by atoms with Gasteiger partial charge >= 0.3 is 0 Å². The largest absolute Gasteiger partial charge is 0.322 e. The zero-order valence-corrected chi connectivity index (χ0v) is 11.4. The maximum Gasteiger partial charge on any atom is 0.229 e. The maximum atomic E-state index is 13.6. The molecular weight excluding hydrogens is 273 g/mol. The lowest BCUT2D eigenvalue weighted by Gasteiger charge is -2.18. The van der Waals surface area contributed by atoms with E-state index in [1.54, 1.807) is 33.8 Å². The standard InChI is InChI=1S/C12H15BrFNO/c1-7-5-8(13)10(9(14)6-7)15-11(16)12(2,3)4/h5-6H,1-4H3,(H,15,16). The molecule has 0 radical (unpaired) electrons. The molecule has 0 bridgehead atoms. The highest BCUT2D eigenvalue weighted by molar-refractivity contribution is 9.10. The fourth-order valence-electron chi connectivity index (χ4n) is 1.12. The first-order valence-electron chi connectivity index (χ1n) is 4.99. The number of hydrogen-bond donors (Lipinski definition) is 1. The summed E-state index contributed by atoms with van der Waals surface area (Å²) in [6, 6.07) is 3.16. The highest BCUT2D eigenvalue weighted by atomic mass is 79.9. The fourth-order valence-corrected chi connectivity index (χ4v) is 1.77. The van der Waals surface area contributed by atoms with Crippen LogP contribution < -0.4 is 5.32 Å². The zero-order chi connectivity index (χ0) is 12.5. The van der Waals surface area contributed by atoms with Gasteiger partial charge in [-0.15, -0.1) is 0 Å². The lowest BCUT2D eigenvalue weighted by molar-refractivity contribution is -0.123. The molecule has 4 heteroatoms. The highest BCUT2D eigenvalue weighted by Gasteiger charge is 2.23. The normalized spacial score (nSPS) is 11.4. The average Bonchev–Trinajstić information content (AvgIpc) is 2.08. The number of carbonyl (C=O) groups excluding carboxylic acids is 1. The first-order valence-corrected chi connectivity index (χ1v) is 5.78. The van der Waals surface area contributed by atoms with Gasteiger partial charge < -0.3 is 5.32 Å². The zero-order valence-electron chi connectivity index (χ0n) is 9.82. The van der Waals surface area contributed by atoms with Crippen LogP contribution in [0.1, 0.15) is 26.3 Å². The molecule has 0 heterocycles. The summed E-state index contributed by atoms with van der Waals surface area (Å²) in [5.74, 6) is -0.638. The summed E-state index contributed by atoms with van der Waals surface area (Å²) in [5.41, 5.74) is 0.459. The Balaban J connectivity index is 3.03. The molecule has 1 amide bonds. The van der Waals surface area contributed by atoms with Gasteiger partial charge in [-0.1, -0.05) is 20.8 Å². The molecule has 1 rings (SSSR count). The Bertz CT molecular complexity index is 401. The Hall–Kier alpha value is -0.900. The highest BCUT2D eigenvalue weighted by Crippen LogP contribution is 2.28. The SMILES string of the molecule is Cc1cc(F)c(NC(=O)C(C)(C)C)c(Br)c1. The van der Waals surface area contributed by atoms with Gasteiger partial charge in [0.25, 0.3) is 0 Å². The van der Waals surface area contributed by atoms with Gasteiger partial charge in [0.15, 0.2) is 0 Å². The molecule has 0 atom stereocenters. The van der Waals surface area contributed by atoms with Gasteiger partial charge in [0, 0.05) is 9.89 Å². The molecule has 0 unspecified atom stereocenters. The van der Waals surface area contributed by atoms with Crippen molar-refractivity contribution < 1.29 is 9.18 Å². The third kappa shape index (κ3) is 3.04. The number of halogens is 2. The van der Waals surface area contributed by atoms with Crippen molar-refractivity contribution in [2.75, 3.05) is 5.32 Å². The molecule has 0 aliphatic carbocycles. The van der Waals surface area contributed by atoms with Crippen molar-refractivity contribution in [2.45, 2.75) is 27.7 Å². The van der Waals surface area contributed by atoms with Crippen molar-refractivity contribution in [2.24, 2.45) is 5.41 Å². The quantitative estimate of drug-likeness (QED) is 0.834. The summed E-state index contributed by atoms with van der Waals surface area (Å²) < 4.78 is 14.2. The number of benzene rings is 1. The summed E-state index contributed by atoms with van der Waals surface area (Å²) in [6.45, 7) is 7.14. The molecule has 1 aromatic rings. The Morgan fingerprint density at radius 3 is 2.38 bits per heavy atom. The monoisotopic (exact) mass is 287 g/mol. The number of carbonyl (C=O) groups is 1. The van der Waals surface area contributed by atoms with Crippen LogP contribution in [0.25, 0.3) is 0 Å². The molecule has 88 valence electrons. The molecule has 2 nitrogen and oxygen atoms in total. The minimum Gasteiger partial charge on any atom is -0.322 e. The Morgan fingerprint density at radius 1 is 1.38 bits per heavy atom. The van der Waals surface area contributed by atoms with E-state index in [4.69, 9.17) is 0 Å². The van der Waals surface area contributed by atoms with Gasteiger partial charge in [0.1, 0.15) is 5.82 Å². The van der Waals surface area contributed by atoms with Gasteiger partial charge in [0.05, 0.1) is 5.69 Å². The predicted octanol–water partition coefficient (Wildman–Crippen LogP) is 3.88. The molecular formula is C12H15BrFNO. The van der Waals surface area contributed by atoms with Crippen LogP contribution in [-0.4, -0.2) is 5.91 Å². The molecule has 1 aromatic carbocycles. The van der Waals surface area contributed by atoms with Crippen LogP contribution in [-0.2, 0) is 4.79 Å². The van der Waals surface area contributed by atoms with E-state index < -0.39 is 11.2 Å². The number of hydrogen-bond acceptors (Lipinski definition) is 1. The van der Waals surface area contributed by atoms with Crippen molar-refractivity contribution in [3.63, 3.8) is 0 Å². The third-order valence-electron chi connectivity index (χ3n) is 2.11. The molecule has 0 aromatic heterocycles. The van der Waals surface area contributed by atoms with Crippen LogP contribution in [0.2, 0.25) is 0 Å². The molecule has 0 spiro atoms. The van der Waals surface area contributed by atoms with E-state index >= 15 is 0 Å². The molecule has 0 fully saturated rings. The van der Waals surface area contributed by atoms with Crippen LogP contribution in [0, 0.1) is 18.2 Å². The van der Waals surface area contributed by atoms with Crippen LogP contribution in [0.15, 0.2) is 16.6 Å². The number of nitrogens with one attached hydrogen (secondary N) is 1. The minimum absolute atomic E-state index is 0.200. The Kier molecular flexibility index (Phi) is 3.73. The summed E-state index contributed by atoms with van der Waals surface area (Å²) in [6.07, 6.45) is 0. The molecule has 0 saturated heterocycles. The fraction of sp³-hybridized carbons (Fsp3) is 0.417. The molecule has 0 aliphatic rings. The second kappa shape index (κ2) is 4.53. The summed E-state index contributed by atoms with van der Waals surface area (Å²) in [5, 5.41) is 2.58. The third-order valence-corrected chi connectivity index (χ3v) is 2.73. The topological polar surface area (TPSA) is 29.1 Å². The number of aryl methyl sites for hydroxylation is 1. The predicted molar refractivity (Wildman–Crippen MR) is 66.9 cm³/mol. The number of rotatable bonds is 1. The minimum atomic E-state index is -0.545. The molecule has 16 heavy (non-hydrogen) atoms. The molecule has 0 aliphatic heterocycles. The summed E-state index contributed by atoms with van der Waals surface area (Å²) in [7, 11) is 0. The van der Waals surface area contributed by atoms with Crippen LogP contribution in [0.4, 0.5) is 10.1 Å². The first-order chi connectivity index (χ1) is 7.21. The van der Waals surface area contributed by atoms with Crippen LogP contribution in [0.5, 0.6) is 0 Å². The van der Waals surface area contributed by atoms with E-state index in [0.717, 1.165) is 5.56 Å². The van der Waals surface area contributed by atoms with E-state index in [9.17, 15) is 9.18 Å². The van der Waals surface area contributed by atoms with Crippen molar-refractivity contribution in [1.82, 2.24) is 0 Å². The van der Waals surface area contributed by atoms with Crippen molar-refractivity contribution in [3.8, 4) is 0 Å². The first kappa shape index (κ1) is 13.2. The van der Waals surface area contributed by atoms with Gasteiger partial charge in [-0.25, -0.2) is 4.39 Å². The van der Waals surface area contributed by atoms with Gasteiger partial charge in [-0.2, -0.15) is 0 Å². The van der Waals surface area contributed by atoms with E-state index in [2.05, 4.69) is 21.2 Å². The van der Waals surface area contributed by atoms with E-state index in [1.165, 1.54) is 6.07 Å². The smallest absolute Gasteiger partial charge is 0.229 e. The van der Waals surface area contributed by atoms with Crippen molar-refractivity contribution in [1.29, 1.82) is 0 Å². The van der Waals surface area contributed by atoms with Gasteiger partial charge in [-0.3, -0.25) is 4.79 Å². The van der Waals surface area contributed by atoms with Gasteiger partial charge in [-0.05, 0) is 40.5 Å². The second-order valence-corrected chi connectivity index (χ2v) is 5.66. The molecule has 0 saturated carbocycles. The van der Waals surface area contributed by atoms with E-state index in [0.29, 0.717) is 4.47 Å². The second-order valence-electron chi connectivity index (χ2n) is 4.81. The van der Waals surface area contributed by atoms with Crippen LogP contribution >= 0.6 is 15.9 Å².